The second-order valence-electron chi connectivity index (χ2n) is 10.2. The zero-order valence-corrected chi connectivity index (χ0v) is 24.1. The molecule has 1 unspecified atom stereocenters. The van der Waals surface area contributed by atoms with Crippen LogP contribution in [-0.4, -0.2) is 36.8 Å². The smallest absolute Gasteiger partial charge is 0.264 e. The molecule has 0 aliphatic carbocycles. The van der Waals surface area contributed by atoms with E-state index >= 15 is 0 Å². The minimum absolute atomic E-state index is 0.00535. The fourth-order valence-corrected chi connectivity index (χ4v) is 5.31. The lowest BCUT2D eigenvalue weighted by Gasteiger charge is -2.39. The molecule has 6 nitrogen and oxygen atoms in total. The van der Waals surface area contributed by atoms with Crippen molar-refractivity contribution in [3.63, 3.8) is 0 Å². The molecular weight excluding hydrogens is 513 g/mol. The Labute approximate surface area is 224 Å². The molecule has 0 N–H and O–H groups in total. The summed E-state index contributed by atoms with van der Waals surface area (Å²) in [4.78, 5) is 23.2. The van der Waals surface area contributed by atoms with E-state index in [2.05, 4.69) is 43.8 Å². The number of nitrogens with zero attached hydrogens (tertiary/aromatic N) is 3. The van der Waals surface area contributed by atoms with Gasteiger partial charge in [0.1, 0.15) is 34.6 Å². The van der Waals surface area contributed by atoms with Crippen LogP contribution in [0.3, 0.4) is 0 Å². The van der Waals surface area contributed by atoms with Gasteiger partial charge in [-0.05, 0) is 54.9 Å². The van der Waals surface area contributed by atoms with Crippen molar-refractivity contribution >= 4 is 43.1 Å². The molecule has 2 aromatic carbocycles. The predicted molar refractivity (Wildman–Crippen MR) is 149 cm³/mol. The van der Waals surface area contributed by atoms with E-state index < -0.39 is 14.2 Å². The molecule has 3 rings (SSSR count). The zero-order valence-electron chi connectivity index (χ0n) is 21.6. The lowest BCUT2D eigenvalue weighted by molar-refractivity contribution is 0.0969. The van der Waals surface area contributed by atoms with E-state index in [0.717, 1.165) is 5.56 Å². The molecule has 0 bridgehead atoms. The number of rotatable bonds is 9. The van der Waals surface area contributed by atoms with Crippen LogP contribution in [0.25, 0.3) is 0 Å². The third-order valence-corrected chi connectivity index (χ3v) is 11.5. The van der Waals surface area contributed by atoms with Crippen molar-refractivity contribution in [2.75, 3.05) is 11.4 Å². The zero-order chi connectivity index (χ0) is 26.5. The number of aromatic nitrogens is 2. The molecule has 0 fully saturated rings. The monoisotopic (exact) mass is 545 g/mol. The van der Waals surface area contributed by atoms with E-state index in [9.17, 15) is 4.79 Å². The SMILES string of the molecule is CC(CN(C(=O)c1c(Cl)ncnc1Cl)c1ccc(OCc2ccccc2)cc1)O[Si](C)(C)C(C)(C)C. The van der Waals surface area contributed by atoms with Crippen molar-refractivity contribution in [3.8, 4) is 5.75 Å². The van der Waals surface area contributed by atoms with E-state index in [-0.39, 0.29) is 27.0 Å². The minimum Gasteiger partial charge on any atom is -0.489 e. The van der Waals surface area contributed by atoms with Crippen LogP contribution in [0.4, 0.5) is 5.69 Å². The van der Waals surface area contributed by atoms with Gasteiger partial charge in [0.2, 0.25) is 0 Å². The summed E-state index contributed by atoms with van der Waals surface area (Å²) in [6.07, 6.45) is 0.999. The van der Waals surface area contributed by atoms with E-state index in [1.54, 1.807) is 4.90 Å². The van der Waals surface area contributed by atoms with Crippen molar-refractivity contribution in [1.29, 1.82) is 0 Å². The highest BCUT2D eigenvalue weighted by atomic mass is 35.5. The maximum Gasteiger partial charge on any atom is 0.264 e. The lowest BCUT2D eigenvalue weighted by atomic mass is 10.2. The summed E-state index contributed by atoms with van der Waals surface area (Å²) in [7, 11) is -2.06. The van der Waals surface area contributed by atoms with Gasteiger partial charge < -0.3 is 14.1 Å². The second-order valence-corrected chi connectivity index (χ2v) is 15.7. The van der Waals surface area contributed by atoms with Crippen LogP contribution in [-0.2, 0) is 11.0 Å². The van der Waals surface area contributed by atoms with Gasteiger partial charge >= 0.3 is 0 Å². The quantitative estimate of drug-likeness (QED) is 0.206. The number of hydrogen-bond acceptors (Lipinski definition) is 5. The Hall–Kier alpha value is -2.45. The molecule has 192 valence electrons. The van der Waals surface area contributed by atoms with Gasteiger partial charge in [0.05, 0.1) is 12.6 Å². The Morgan fingerprint density at radius 1 is 1.00 bits per heavy atom. The first-order valence-electron chi connectivity index (χ1n) is 11.8. The maximum absolute atomic E-state index is 13.7. The Balaban J connectivity index is 1.86. The molecule has 9 heteroatoms. The van der Waals surface area contributed by atoms with Crippen LogP contribution < -0.4 is 9.64 Å². The van der Waals surface area contributed by atoms with Crippen LogP contribution in [0.1, 0.15) is 43.6 Å². The largest absolute Gasteiger partial charge is 0.489 e. The number of hydrogen-bond donors (Lipinski definition) is 0. The first-order valence-corrected chi connectivity index (χ1v) is 15.5. The molecule has 0 saturated heterocycles. The Morgan fingerprint density at radius 2 is 1.58 bits per heavy atom. The fourth-order valence-electron chi connectivity index (χ4n) is 3.40. The summed E-state index contributed by atoms with van der Waals surface area (Å²) in [5, 5.41) is 0.0462. The number of carbonyl (C=O) groups is 1. The number of carbonyl (C=O) groups excluding carboxylic acids is 1. The number of benzene rings is 2. The van der Waals surface area contributed by atoms with Crippen molar-refractivity contribution in [2.45, 2.75) is 58.5 Å². The van der Waals surface area contributed by atoms with Gasteiger partial charge in [-0.3, -0.25) is 4.79 Å². The molecule has 0 saturated carbocycles. The van der Waals surface area contributed by atoms with Crippen LogP contribution in [0.2, 0.25) is 28.4 Å². The molecule has 1 amide bonds. The van der Waals surface area contributed by atoms with E-state index in [1.807, 2.05) is 61.5 Å². The Bertz CT molecular complexity index is 1150. The average Bonchev–Trinajstić information content (AvgIpc) is 2.81. The molecule has 0 aliphatic rings. The second kappa shape index (κ2) is 11.7. The first-order chi connectivity index (χ1) is 16.9. The first kappa shape index (κ1) is 28.1. The Morgan fingerprint density at radius 3 is 2.14 bits per heavy atom. The van der Waals surface area contributed by atoms with Gasteiger partial charge in [-0.1, -0.05) is 74.3 Å². The van der Waals surface area contributed by atoms with Crippen molar-refractivity contribution in [1.82, 2.24) is 9.97 Å². The summed E-state index contributed by atoms with van der Waals surface area (Å²) >= 11 is 12.5. The highest BCUT2D eigenvalue weighted by molar-refractivity contribution is 6.74. The summed E-state index contributed by atoms with van der Waals surface area (Å²) in [6.45, 7) is 13.7. The molecule has 36 heavy (non-hydrogen) atoms. The van der Waals surface area contributed by atoms with Crippen LogP contribution >= 0.6 is 23.2 Å². The van der Waals surface area contributed by atoms with E-state index in [0.29, 0.717) is 24.6 Å². The van der Waals surface area contributed by atoms with Crippen molar-refractivity contribution in [2.24, 2.45) is 0 Å². The van der Waals surface area contributed by atoms with Gasteiger partial charge in [0.15, 0.2) is 8.32 Å². The summed E-state index contributed by atoms with van der Waals surface area (Å²) in [5.41, 5.74) is 1.79. The van der Waals surface area contributed by atoms with E-state index in [1.165, 1.54) is 6.33 Å². The van der Waals surface area contributed by atoms with Gasteiger partial charge in [-0.15, -0.1) is 0 Å². The topological polar surface area (TPSA) is 64.6 Å². The van der Waals surface area contributed by atoms with Gasteiger partial charge in [-0.2, -0.15) is 0 Å². The van der Waals surface area contributed by atoms with Gasteiger partial charge in [-0.25, -0.2) is 9.97 Å². The summed E-state index contributed by atoms with van der Waals surface area (Å²) < 4.78 is 12.4. The lowest BCUT2D eigenvalue weighted by Crippen LogP contribution is -2.47. The maximum atomic E-state index is 13.7. The highest BCUT2D eigenvalue weighted by Crippen LogP contribution is 2.37. The van der Waals surface area contributed by atoms with Crippen LogP contribution in [0, 0.1) is 0 Å². The fraction of sp³-hybridized carbons (Fsp3) is 0.370. The third kappa shape index (κ3) is 7.07. The molecule has 0 spiro atoms. The third-order valence-electron chi connectivity index (χ3n) is 6.35. The molecule has 1 aromatic heterocycles. The van der Waals surface area contributed by atoms with Gasteiger partial charge in [0.25, 0.3) is 5.91 Å². The standard InChI is InChI=1S/C27H33Cl2N3O3Si/c1-19(35-36(5,6)27(2,3)4)16-32(26(33)23-24(28)30-18-31-25(23)29)21-12-14-22(15-13-21)34-17-20-10-8-7-9-11-20/h7-15,18-19H,16-17H2,1-6H3. The average molecular weight is 547 g/mol. The molecule has 0 aliphatic heterocycles. The Kier molecular flexibility index (Phi) is 9.16. The minimum atomic E-state index is -2.06. The molecule has 1 atom stereocenters. The number of amides is 1. The van der Waals surface area contributed by atoms with Crippen LogP contribution in [0.5, 0.6) is 5.75 Å². The van der Waals surface area contributed by atoms with E-state index in [4.69, 9.17) is 32.4 Å². The normalized spacial score (nSPS) is 12.8. The van der Waals surface area contributed by atoms with Gasteiger partial charge in [0, 0.05) is 5.69 Å². The molecule has 1 heterocycles. The summed E-state index contributed by atoms with van der Waals surface area (Å²) in [6, 6.07) is 17.3. The highest BCUT2D eigenvalue weighted by Gasteiger charge is 2.39. The molecular formula is C27H33Cl2N3O3Si. The molecule has 3 aromatic rings. The van der Waals surface area contributed by atoms with Crippen molar-refractivity contribution in [3.05, 3.63) is 82.4 Å². The number of anilines is 1. The number of ether oxygens (including phenoxy) is 1. The predicted octanol–water partition coefficient (Wildman–Crippen LogP) is 7.42. The van der Waals surface area contributed by atoms with Crippen molar-refractivity contribution < 1.29 is 14.0 Å². The number of halogens is 2. The molecule has 0 radical (unpaired) electrons. The van der Waals surface area contributed by atoms with Crippen LogP contribution in [0.15, 0.2) is 60.9 Å². The summed E-state index contributed by atoms with van der Waals surface area (Å²) in [5.74, 6) is 0.300.